The standard InChI is InChI=1S/C12H21NO3/c1-2-4-11-9-12(10-13,5-8-15-11)16-7-3-6-14/h11,14H,2-9H2,1H3. The van der Waals surface area contributed by atoms with Crippen LogP contribution in [0, 0.1) is 11.3 Å². The van der Waals surface area contributed by atoms with E-state index in [4.69, 9.17) is 14.6 Å². The van der Waals surface area contributed by atoms with Gasteiger partial charge in [-0.3, -0.25) is 0 Å². The molecule has 0 aromatic rings. The Bertz CT molecular complexity index is 237. The maximum absolute atomic E-state index is 9.23. The molecule has 4 heteroatoms. The molecule has 4 nitrogen and oxygen atoms in total. The molecule has 1 heterocycles. The lowest BCUT2D eigenvalue weighted by Crippen LogP contribution is -2.42. The van der Waals surface area contributed by atoms with Crippen LogP contribution in [0.3, 0.4) is 0 Å². The topological polar surface area (TPSA) is 62.5 Å². The highest BCUT2D eigenvalue weighted by Crippen LogP contribution is 2.30. The summed E-state index contributed by atoms with van der Waals surface area (Å²) in [4.78, 5) is 0. The molecule has 0 bridgehead atoms. The highest BCUT2D eigenvalue weighted by atomic mass is 16.5. The summed E-state index contributed by atoms with van der Waals surface area (Å²) in [5, 5.41) is 17.9. The minimum atomic E-state index is -0.687. The number of aliphatic hydroxyl groups is 1. The first-order chi connectivity index (χ1) is 7.76. The summed E-state index contributed by atoms with van der Waals surface area (Å²) in [5.74, 6) is 0. The third-order valence-electron chi connectivity index (χ3n) is 2.91. The first kappa shape index (κ1) is 13.4. The summed E-state index contributed by atoms with van der Waals surface area (Å²) in [7, 11) is 0. The number of nitrogens with zero attached hydrogens (tertiary/aromatic N) is 1. The van der Waals surface area contributed by atoms with Crippen LogP contribution in [-0.2, 0) is 9.47 Å². The zero-order valence-electron chi connectivity index (χ0n) is 9.95. The Labute approximate surface area is 97.2 Å². The Kier molecular flexibility index (Phi) is 5.75. The van der Waals surface area contributed by atoms with Crippen molar-refractivity contribution < 1.29 is 14.6 Å². The number of nitriles is 1. The van der Waals surface area contributed by atoms with E-state index in [0.717, 1.165) is 12.8 Å². The van der Waals surface area contributed by atoms with Crippen LogP contribution in [0.25, 0.3) is 0 Å². The summed E-state index contributed by atoms with van der Waals surface area (Å²) in [6, 6.07) is 2.28. The summed E-state index contributed by atoms with van der Waals surface area (Å²) in [6.07, 6.45) is 4.06. The van der Waals surface area contributed by atoms with Crippen molar-refractivity contribution in [2.24, 2.45) is 0 Å². The van der Waals surface area contributed by atoms with Gasteiger partial charge in [0.2, 0.25) is 0 Å². The van der Waals surface area contributed by atoms with E-state index in [0.29, 0.717) is 32.5 Å². The molecule has 1 fully saturated rings. The molecule has 0 aromatic heterocycles. The Balaban J connectivity index is 2.47. The van der Waals surface area contributed by atoms with E-state index in [1.165, 1.54) is 0 Å². The van der Waals surface area contributed by atoms with Crippen molar-refractivity contribution in [3.63, 3.8) is 0 Å². The van der Waals surface area contributed by atoms with Crippen LogP contribution in [0.1, 0.15) is 39.0 Å². The van der Waals surface area contributed by atoms with Crippen LogP contribution in [0.5, 0.6) is 0 Å². The lowest BCUT2D eigenvalue weighted by Gasteiger charge is -2.35. The van der Waals surface area contributed by atoms with Crippen molar-refractivity contribution in [2.75, 3.05) is 19.8 Å². The minimum Gasteiger partial charge on any atom is -0.396 e. The number of ether oxygens (including phenoxy) is 2. The summed E-state index contributed by atoms with van der Waals surface area (Å²) in [6.45, 7) is 3.26. The van der Waals surface area contributed by atoms with Crippen molar-refractivity contribution >= 4 is 0 Å². The van der Waals surface area contributed by atoms with Crippen molar-refractivity contribution in [3.8, 4) is 6.07 Å². The number of hydrogen-bond donors (Lipinski definition) is 1. The second-order valence-corrected chi connectivity index (χ2v) is 4.27. The fourth-order valence-corrected chi connectivity index (χ4v) is 2.02. The Morgan fingerprint density at radius 1 is 1.62 bits per heavy atom. The lowest BCUT2D eigenvalue weighted by atomic mass is 9.90. The van der Waals surface area contributed by atoms with E-state index >= 15 is 0 Å². The van der Waals surface area contributed by atoms with Gasteiger partial charge >= 0.3 is 0 Å². The van der Waals surface area contributed by atoms with E-state index in [2.05, 4.69) is 13.0 Å². The average Bonchev–Trinajstić information content (AvgIpc) is 2.30. The van der Waals surface area contributed by atoms with Crippen LogP contribution in [0.2, 0.25) is 0 Å². The van der Waals surface area contributed by atoms with Gasteiger partial charge in [-0.2, -0.15) is 5.26 Å². The van der Waals surface area contributed by atoms with Crippen molar-refractivity contribution in [2.45, 2.75) is 50.7 Å². The van der Waals surface area contributed by atoms with E-state index in [1.54, 1.807) is 0 Å². The molecule has 1 rings (SSSR count). The van der Waals surface area contributed by atoms with Gasteiger partial charge in [-0.1, -0.05) is 13.3 Å². The predicted octanol–water partition coefficient (Wildman–Crippen LogP) is 1.63. The summed E-state index contributed by atoms with van der Waals surface area (Å²) < 4.78 is 11.2. The number of hydrogen-bond acceptors (Lipinski definition) is 4. The van der Waals surface area contributed by atoms with Crippen molar-refractivity contribution in [1.29, 1.82) is 5.26 Å². The zero-order chi connectivity index (χ0) is 11.9. The second-order valence-electron chi connectivity index (χ2n) is 4.27. The Morgan fingerprint density at radius 2 is 2.44 bits per heavy atom. The van der Waals surface area contributed by atoms with E-state index in [-0.39, 0.29) is 12.7 Å². The molecular formula is C12H21NO3. The second kappa shape index (κ2) is 6.85. The largest absolute Gasteiger partial charge is 0.396 e. The van der Waals surface area contributed by atoms with Crippen molar-refractivity contribution in [1.82, 2.24) is 0 Å². The van der Waals surface area contributed by atoms with Gasteiger partial charge in [-0.15, -0.1) is 0 Å². The van der Waals surface area contributed by atoms with Gasteiger partial charge in [0.25, 0.3) is 0 Å². The summed E-state index contributed by atoms with van der Waals surface area (Å²) in [5.41, 5.74) is -0.687. The van der Waals surface area contributed by atoms with Crippen LogP contribution in [0.4, 0.5) is 0 Å². The SMILES string of the molecule is CCCC1CC(C#N)(OCCCO)CCO1. The van der Waals surface area contributed by atoms with Crippen LogP contribution in [0.15, 0.2) is 0 Å². The molecule has 0 saturated carbocycles. The minimum absolute atomic E-state index is 0.108. The zero-order valence-corrected chi connectivity index (χ0v) is 9.95. The molecule has 2 unspecified atom stereocenters. The van der Waals surface area contributed by atoms with Gasteiger partial charge in [0.15, 0.2) is 5.60 Å². The molecule has 0 aromatic carbocycles. The molecule has 2 atom stereocenters. The first-order valence-electron chi connectivity index (χ1n) is 6.04. The first-order valence-corrected chi connectivity index (χ1v) is 6.04. The van der Waals surface area contributed by atoms with Crippen LogP contribution in [-0.4, -0.2) is 36.6 Å². The molecule has 0 radical (unpaired) electrons. The van der Waals surface area contributed by atoms with Gasteiger partial charge in [0.05, 0.1) is 25.4 Å². The smallest absolute Gasteiger partial charge is 0.158 e. The number of aliphatic hydroxyl groups excluding tert-OH is 1. The monoisotopic (exact) mass is 227 g/mol. The third kappa shape index (κ3) is 3.75. The fourth-order valence-electron chi connectivity index (χ4n) is 2.02. The lowest BCUT2D eigenvalue weighted by molar-refractivity contribution is -0.112. The number of rotatable bonds is 6. The molecule has 1 aliphatic heterocycles. The highest BCUT2D eigenvalue weighted by Gasteiger charge is 2.37. The van der Waals surface area contributed by atoms with Gasteiger partial charge in [0.1, 0.15) is 0 Å². The van der Waals surface area contributed by atoms with Gasteiger partial charge < -0.3 is 14.6 Å². The molecular weight excluding hydrogens is 206 g/mol. The summed E-state index contributed by atoms with van der Waals surface area (Å²) >= 11 is 0. The maximum atomic E-state index is 9.23. The molecule has 0 spiro atoms. The van der Waals surface area contributed by atoms with E-state index in [1.807, 2.05) is 0 Å². The molecule has 1 N–H and O–H groups in total. The van der Waals surface area contributed by atoms with Gasteiger partial charge in [0, 0.05) is 19.4 Å². The molecule has 1 aliphatic rings. The highest BCUT2D eigenvalue weighted by molar-refractivity contribution is 5.05. The quantitative estimate of drug-likeness (QED) is 0.700. The fraction of sp³-hybridized carbons (Fsp3) is 0.917. The normalized spacial score (nSPS) is 29.9. The molecule has 1 saturated heterocycles. The van der Waals surface area contributed by atoms with Crippen molar-refractivity contribution in [3.05, 3.63) is 0 Å². The predicted molar refractivity (Wildman–Crippen MR) is 59.9 cm³/mol. The Hall–Kier alpha value is -0.630. The van der Waals surface area contributed by atoms with E-state index in [9.17, 15) is 5.26 Å². The Morgan fingerprint density at radius 3 is 3.06 bits per heavy atom. The molecule has 16 heavy (non-hydrogen) atoms. The molecule has 0 amide bonds. The average molecular weight is 227 g/mol. The van der Waals surface area contributed by atoms with Gasteiger partial charge in [-0.05, 0) is 12.8 Å². The maximum Gasteiger partial charge on any atom is 0.158 e. The van der Waals surface area contributed by atoms with Crippen LogP contribution < -0.4 is 0 Å². The molecule has 92 valence electrons. The molecule has 0 aliphatic carbocycles. The van der Waals surface area contributed by atoms with Crippen LogP contribution >= 0.6 is 0 Å². The third-order valence-corrected chi connectivity index (χ3v) is 2.91. The van der Waals surface area contributed by atoms with Gasteiger partial charge in [-0.25, -0.2) is 0 Å². The van der Waals surface area contributed by atoms with E-state index < -0.39 is 5.60 Å².